The summed E-state index contributed by atoms with van der Waals surface area (Å²) in [7, 11) is -3.71. The van der Waals surface area contributed by atoms with E-state index in [0.29, 0.717) is 18.0 Å². The Morgan fingerprint density at radius 1 is 1.15 bits per heavy atom. The van der Waals surface area contributed by atoms with Crippen molar-refractivity contribution in [3.05, 3.63) is 53.6 Å². The van der Waals surface area contributed by atoms with Gasteiger partial charge in [0.2, 0.25) is 22.7 Å². The standard InChI is InChI=1S/C19H22N2O5S/c1-14-4-3-5-16(10-14)12-21(15(2)22)9-8-20-27(23,24)17-6-7-18-19(11-17)26-13-25-18/h3-7,10-11,20H,8-9,12-13H2,1-2H3. The predicted molar refractivity (Wildman–Crippen MR) is 100 cm³/mol. The van der Waals surface area contributed by atoms with Crippen molar-refractivity contribution in [2.45, 2.75) is 25.3 Å². The topological polar surface area (TPSA) is 84.9 Å². The van der Waals surface area contributed by atoms with Gasteiger partial charge in [0.05, 0.1) is 4.90 Å². The molecule has 0 saturated heterocycles. The summed E-state index contributed by atoms with van der Waals surface area (Å²) >= 11 is 0. The Balaban J connectivity index is 1.61. The van der Waals surface area contributed by atoms with Crippen molar-refractivity contribution < 1.29 is 22.7 Å². The van der Waals surface area contributed by atoms with Crippen molar-refractivity contribution in [1.29, 1.82) is 0 Å². The van der Waals surface area contributed by atoms with Crippen LogP contribution in [0.2, 0.25) is 0 Å². The minimum absolute atomic E-state index is 0.0821. The van der Waals surface area contributed by atoms with Crippen LogP contribution in [-0.4, -0.2) is 39.1 Å². The van der Waals surface area contributed by atoms with E-state index in [1.807, 2.05) is 31.2 Å². The van der Waals surface area contributed by atoms with Gasteiger partial charge in [0.1, 0.15) is 0 Å². The van der Waals surface area contributed by atoms with Crippen LogP contribution in [0.3, 0.4) is 0 Å². The lowest BCUT2D eigenvalue weighted by atomic mass is 10.1. The molecule has 144 valence electrons. The summed E-state index contributed by atoms with van der Waals surface area (Å²) in [5, 5.41) is 0. The Morgan fingerprint density at radius 2 is 1.93 bits per heavy atom. The Kier molecular flexibility index (Phi) is 5.67. The molecule has 3 rings (SSSR count). The highest BCUT2D eigenvalue weighted by Gasteiger charge is 2.20. The molecule has 27 heavy (non-hydrogen) atoms. The van der Waals surface area contributed by atoms with Crippen molar-refractivity contribution in [2.75, 3.05) is 19.9 Å². The number of carbonyl (C=O) groups excluding carboxylic acids is 1. The molecule has 0 bridgehead atoms. The molecule has 2 aromatic carbocycles. The smallest absolute Gasteiger partial charge is 0.240 e. The van der Waals surface area contributed by atoms with Gasteiger partial charge in [-0.25, -0.2) is 13.1 Å². The van der Waals surface area contributed by atoms with Gasteiger partial charge in [0, 0.05) is 32.6 Å². The molecule has 1 heterocycles. The molecule has 1 aliphatic heterocycles. The lowest BCUT2D eigenvalue weighted by Gasteiger charge is -2.21. The van der Waals surface area contributed by atoms with Crippen LogP contribution >= 0.6 is 0 Å². The maximum absolute atomic E-state index is 12.5. The number of amides is 1. The number of rotatable bonds is 7. The van der Waals surface area contributed by atoms with E-state index in [1.165, 1.54) is 19.1 Å². The number of hydrogen-bond donors (Lipinski definition) is 1. The maximum atomic E-state index is 12.5. The predicted octanol–water partition coefficient (Wildman–Crippen LogP) is 2.05. The van der Waals surface area contributed by atoms with E-state index in [0.717, 1.165) is 11.1 Å². The van der Waals surface area contributed by atoms with Crippen molar-refractivity contribution in [3.63, 3.8) is 0 Å². The van der Waals surface area contributed by atoms with Crippen LogP contribution in [0.15, 0.2) is 47.4 Å². The fourth-order valence-electron chi connectivity index (χ4n) is 2.82. The van der Waals surface area contributed by atoms with Crippen molar-refractivity contribution >= 4 is 15.9 Å². The van der Waals surface area contributed by atoms with Crippen LogP contribution in [0.1, 0.15) is 18.1 Å². The molecule has 0 fully saturated rings. The minimum Gasteiger partial charge on any atom is -0.454 e. The number of fused-ring (bicyclic) bond motifs is 1. The number of hydrogen-bond acceptors (Lipinski definition) is 5. The number of ether oxygens (including phenoxy) is 2. The highest BCUT2D eigenvalue weighted by molar-refractivity contribution is 7.89. The third-order valence-corrected chi connectivity index (χ3v) is 5.69. The molecule has 0 saturated carbocycles. The van der Waals surface area contributed by atoms with Crippen LogP contribution < -0.4 is 14.2 Å². The first kappa shape index (κ1) is 19.2. The largest absolute Gasteiger partial charge is 0.454 e. The van der Waals surface area contributed by atoms with Gasteiger partial charge in [0.15, 0.2) is 11.5 Å². The molecule has 0 aromatic heterocycles. The third kappa shape index (κ3) is 4.78. The lowest BCUT2D eigenvalue weighted by molar-refractivity contribution is -0.129. The van der Waals surface area contributed by atoms with E-state index in [-0.39, 0.29) is 30.7 Å². The van der Waals surface area contributed by atoms with E-state index in [9.17, 15) is 13.2 Å². The molecule has 7 nitrogen and oxygen atoms in total. The molecule has 1 amide bonds. The zero-order chi connectivity index (χ0) is 19.4. The molecule has 1 aliphatic rings. The Bertz CT molecular complexity index is 943. The summed E-state index contributed by atoms with van der Waals surface area (Å²) in [6.45, 7) is 4.36. The molecule has 0 radical (unpaired) electrons. The second kappa shape index (κ2) is 7.98. The van der Waals surface area contributed by atoms with Crippen LogP contribution in [0.5, 0.6) is 11.5 Å². The van der Waals surface area contributed by atoms with Crippen LogP contribution in [0.25, 0.3) is 0 Å². The lowest BCUT2D eigenvalue weighted by Crippen LogP contribution is -2.37. The second-order valence-corrected chi connectivity index (χ2v) is 8.11. The molecular weight excluding hydrogens is 368 g/mol. The van der Waals surface area contributed by atoms with Gasteiger partial charge < -0.3 is 14.4 Å². The fraction of sp³-hybridized carbons (Fsp3) is 0.316. The molecule has 8 heteroatoms. The van der Waals surface area contributed by atoms with Crippen LogP contribution in [0.4, 0.5) is 0 Å². The zero-order valence-corrected chi connectivity index (χ0v) is 16.1. The molecule has 2 aromatic rings. The highest BCUT2D eigenvalue weighted by Crippen LogP contribution is 2.33. The second-order valence-electron chi connectivity index (χ2n) is 6.34. The average Bonchev–Trinajstić information content (AvgIpc) is 3.08. The SMILES string of the molecule is CC(=O)N(CCNS(=O)(=O)c1ccc2c(c1)OCO2)Cc1cccc(C)c1. The molecular formula is C19H22N2O5S. The number of benzene rings is 2. The first-order chi connectivity index (χ1) is 12.8. The maximum Gasteiger partial charge on any atom is 0.240 e. The van der Waals surface area contributed by atoms with E-state index in [2.05, 4.69) is 4.72 Å². The van der Waals surface area contributed by atoms with Gasteiger partial charge in [-0.2, -0.15) is 0 Å². The van der Waals surface area contributed by atoms with Gasteiger partial charge in [-0.05, 0) is 24.6 Å². The molecule has 0 atom stereocenters. The van der Waals surface area contributed by atoms with Gasteiger partial charge in [-0.15, -0.1) is 0 Å². The van der Waals surface area contributed by atoms with Crippen LogP contribution in [-0.2, 0) is 21.4 Å². The number of carbonyl (C=O) groups is 1. The van der Waals surface area contributed by atoms with Gasteiger partial charge in [0.25, 0.3) is 0 Å². The Labute approximate surface area is 158 Å². The van der Waals surface area contributed by atoms with Crippen molar-refractivity contribution in [3.8, 4) is 11.5 Å². The number of sulfonamides is 1. The normalized spacial score (nSPS) is 12.8. The molecule has 1 N–H and O–H groups in total. The van der Waals surface area contributed by atoms with Crippen molar-refractivity contribution in [1.82, 2.24) is 9.62 Å². The fourth-order valence-corrected chi connectivity index (χ4v) is 3.86. The molecule has 0 spiro atoms. The van der Waals surface area contributed by atoms with E-state index in [4.69, 9.17) is 9.47 Å². The van der Waals surface area contributed by atoms with E-state index in [1.54, 1.807) is 11.0 Å². The van der Waals surface area contributed by atoms with Crippen LogP contribution in [0, 0.1) is 6.92 Å². The quantitative estimate of drug-likeness (QED) is 0.782. The molecule has 0 unspecified atom stereocenters. The Morgan fingerprint density at radius 3 is 2.67 bits per heavy atom. The summed E-state index contributed by atoms with van der Waals surface area (Å²) < 4.78 is 37.9. The van der Waals surface area contributed by atoms with Gasteiger partial charge >= 0.3 is 0 Å². The number of nitrogens with one attached hydrogen (secondary N) is 1. The van der Waals surface area contributed by atoms with Gasteiger partial charge in [-0.3, -0.25) is 4.79 Å². The summed E-state index contributed by atoms with van der Waals surface area (Å²) in [5.41, 5.74) is 2.11. The average molecular weight is 390 g/mol. The van der Waals surface area contributed by atoms with E-state index < -0.39 is 10.0 Å². The highest BCUT2D eigenvalue weighted by atomic mass is 32.2. The minimum atomic E-state index is -3.71. The number of nitrogens with zero attached hydrogens (tertiary/aromatic N) is 1. The molecule has 0 aliphatic carbocycles. The monoisotopic (exact) mass is 390 g/mol. The van der Waals surface area contributed by atoms with E-state index >= 15 is 0 Å². The first-order valence-electron chi connectivity index (χ1n) is 8.55. The summed E-state index contributed by atoms with van der Waals surface area (Å²) in [6, 6.07) is 12.3. The van der Waals surface area contributed by atoms with Crippen molar-refractivity contribution in [2.24, 2.45) is 0 Å². The summed E-state index contributed by atoms with van der Waals surface area (Å²) in [6.07, 6.45) is 0. The Hall–Kier alpha value is -2.58. The van der Waals surface area contributed by atoms with Gasteiger partial charge in [-0.1, -0.05) is 29.8 Å². The summed E-state index contributed by atoms with van der Waals surface area (Å²) in [4.78, 5) is 13.6. The zero-order valence-electron chi connectivity index (χ0n) is 15.3. The number of aryl methyl sites for hydroxylation is 1. The third-order valence-electron chi connectivity index (χ3n) is 4.23. The summed E-state index contributed by atoms with van der Waals surface area (Å²) in [5.74, 6) is 0.816. The first-order valence-corrected chi connectivity index (χ1v) is 10.0.